The average Bonchev–Trinajstić information content (AvgIpc) is 2.74. The Morgan fingerprint density at radius 3 is 2.53 bits per heavy atom. The molecule has 2 rings (SSSR count). The molecule has 1 unspecified atom stereocenters. The molecule has 0 aliphatic carbocycles. The van der Waals surface area contributed by atoms with E-state index in [0.717, 1.165) is 19.1 Å². The quantitative estimate of drug-likeness (QED) is 0.855. The third-order valence-electron chi connectivity index (χ3n) is 2.01. The molecule has 80 valence electrons. The summed E-state index contributed by atoms with van der Waals surface area (Å²) in [6, 6.07) is 5.66. The van der Waals surface area contributed by atoms with Crippen LogP contribution in [0, 0.1) is 6.92 Å². The zero-order valence-corrected chi connectivity index (χ0v) is 11.8. The van der Waals surface area contributed by atoms with Crippen molar-refractivity contribution in [3.05, 3.63) is 41.6 Å². The smallest absolute Gasteiger partial charge is 0.122 e. The molecule has 15 heavy (non-hydrogen) atoms. The van der Waals surface area contributed by atoms with E-state index >= 15 is 0 Å². The van der Waals surface area contributed by atoms with E-state index < -0.39 is 6.10 Å². The van der Waals surface area contributed by atoms with Crippen molar-refractivity contribution in [2.45, 2.75) is 13.0 Å². The number of rotatable bonds is 2. The Labute approximate surface area is 109 Å². The van der Waals surface area contributed by atoms with Crippen molar-refractivity contribution >= 4 is 50.2 Å². The molecule has 2 aromatic heterocycles. The van der Waals surface area contributed by atoms with Gasteiger partial charge in [0.15, 0.2) is 0 Å². The first-order valence-electron chi connectivity index (χ1n) is 4.27. The summed E-state index contributed by atoms with van der Waals surface area (Å²) in [5.41, 5.74) is 1.15. The van der Waals surface area contributed by atoms with Crippen LogP contribution in [0.1, 0.15) is 21.4 Å². The standard InChI is InChI=1S/C10H8BrClOS2/c1-5-4-7(15-10(5)11)9(13)6-2-3-8(12)14-6/h2-4,9,13H,1H3. The van der Waals surface area contributed by atoms with Crippen LogP contribution in [0.5, 0.6) is 0 Å². The van der Waals surface area contributed by atoms with Crippen LogP contribution in [0.2, 0.25) is 4.34 Å². The second-order valence-corrected chi connectivity index (χ2v) is 7.30. The minimum absolute atomic E-state index is 0.558. The van der Waals surface area contributed by atoms with Gasteiger partial charge < -0.3 is 5.11 Å². The van der Waals surface area contributed by atoms with Crippen LogP contribution in [0.4, 0.5) is 0 Å². The molecule has 2 heterocycles. The maximum Gasteiger partial charge on any atom is 0.122 e. The Hall–Kier alpha value is 0.130. The Morgan fingerprint density at radius 2 is 2.07 bits per heavy atom. The fraction of sp³-hybridized carbons (Fsp3) is 0.200. The largest absolute Gasteiger partial charge is 0.382 e. The van der Waals surface area contributed by atoms with Crippen LogP contribution in [-0.2, 0) is 0 Å². The summed E-state index contributed by atoms with van der Waals surface area (Å²) < 4.78 is 1.77. The number of aryl methyl sites for hydroxylation is 1. The molecule has 5 heteroatoms. The molecule has 0 saturated carbocycles. The number of aliphatic hydroxyl groups is 1. The van der Waals surface area contributed by atoms with E-state index in [4.69, 9.17) is 11.6 Å². The summed E-state index contributed by atoms with van der Waals surface area (Å²) >= 11 is 12.2. The minimum Gasteiger partial charge on any atom is -0.382 e. The van der Waals surface area contributed by atoms with Gasteiger partial charge in [0.25, 0.3) is 0 Å². The Bertz CT molecular complexity index is 458. The molecular weight excluding hydrogens is 316 g/mol. The highest BCUT2D eigenvalue weighted by Crippen LogP contribution is 2.37. The summed E-state index contributed by atoms with van der Waals surface area (Å²) in [7, 11) is 0. The SMILES string of the molecule is Cc1cc(C(O)c2ccc(Cl)s2)sc1Br. The van der Waals surface area contributed by atoms with Crippen LogP contribution in [0.25, 0.3) is 0 Å². The van der Waals surface area contributed by atoms with E-state index in [-0.39, 0.29) is 0 Å². The maximum atomic E-state index is 10.1. The first-order valence-corrected chi connectivity index (χ1v) is 7.07. The van der Waals surface area contributed by atoms with Crippen LogP contribution in [-0.4, -0.2) is 5.11 Å². The lowest BCUT2D eigenvalue weighted by Crippen LogP contribution is -1.92. The fourth-order valence-electron chi connectivity index (χ4n) is 1.23. The predicted octanol–water partition coefficient (Wildman–Crippen LogP) is 4.62. The minimum atomic E-state index is -0.558. The lowest BCUT2D eigenvalue weighted by atomic mass is 10.2. The molecule has 0 saturated heterocycles. The molecule has 2 aromatic rings. The second kappa shape index (κ2) is 4.55. The van der Waals surface area contributed by atoms with Gasteiger partial charge in [-0.1, -0.05) is 11.6 Å². The van der Waals surface area contributed by atoms with E-state index in [1.54, 1.807) is 17.4 Å². The van der Waals surface area contributed by atoms with Gasteiger partial charge in [-0.25, -0.2) is 0 Å². The van der Waals surface area contributed by atoms with Crippen molar-refractivity contribution in [1.29, 1.82) is 0 Å². The highest BCUT2D eigenvalue weighted by molar-refractivity contribution is 9.11. The average molecular weight is 324 g/mol. The number of hydrogen-bond acceptors (Lipinski definition) is 3. The van der Waals surface area contributed by atoms with Crippen molar-refractivity contribution in [2.75, 3.05) is 0 Å². The maximum absolute atomic E-state index is 10.1. The van der Waals surface area contributed by atoms with Crippen molar-refractivity contribution in [1.82, 2.24) is 0 Å². The molecule has 0 aromatic carbocycles. The van der Waals surface area contributed by atoms with Crippen molar-refractivity contribution in [3.8, 4) is 0 Å². The Morgan fingerprint density at radius 1 is 1.33 bits per heavy atom. The van der Waals surface area contributed by atoms with Gasteiger partial charge in [-0.2, -0.15) is 0 Å². The summed E-state index contributed by atoms with van der Waals surface area (Å²) in [6.07, 6.45) is -0.558. The molecule has 0 spiro atoms. The lowest BCUT2D eigenvalue weighted by Gasteiger charge is -2.04. The van der Waals surface area contributed by atoms with Gasteiger partial charge in [0.05, 0.1) is 8.12 Å². The Kier molecular flexibility index (Phi) is 3.52. The number of aliphatic hydroxyl groups excluding tert-OH is 1. The summed E-state index contributed by atoms with van der Waals surface area (Å²) in [4.78, 5) is 1.83. The van der Waals surface area contributed by atoms with Gasteiger partial charge in [0.2, 0.25) is 0 Å². The molecule has 0 aliphatic heterocycles. The normalized spacial score (nSPS) is 13.1. The Balaban J connectivity index is 2.31. The lowest BCUT2D eigenvalue weighted by molar-refractivity contribution is 0.228. The van der Waals surface area contributed by atoms with Crippen LogP contribution >= 0.6 is 50.2 Å². The van der Waals surface area contributed by atoms with E-state index in [9.17, 15) is 5.11 Å². The van der Waals surface area contributed by atoms with Crippen LogP contribution in [0.15, 0.2) is 22.0 Å². The topological polar surface area (TPSA) is 20.2 Å². The highest BCUT2D eigenvalue weighted by atomic mass is 79.9. The second-order valence-electron chi connectivity index (χ2n) is 3.15. The zero-order chi connectivity index (χ0) is 11.0. The van der Waals surface area contributed by atoms with E-state index in [1.807, 2.05) is 19.1 Å². The van der Waals surface area contributed by atoms with Gasteiger partial charge in [0, 0.05) is 9.75 Å². The molecule has 0 amide bonds. The van der Waals surface area contributed by atoms with Gasteiger partial charge in [-0.3, -0.25) is 0 Å². The zero-order valence-electron chi connectivity index (χ0n) is 7.83. The monoisotopic (exact) mass is 322 g/mol. The number of thiophene rings is 2. The molecule has 0 bridgehead atoms. The molecule has 0 aliphatic rings. The molecule has 1 N–H and O–H groups in total. The van der Waals surface area contributed by atoms with E-state index in [2.05, 4.69) is 15.9 Å². The number of halogens is 2. The number of hydrogen-bond donors (Lipinski definition) is 1. The first-order chi connectivity index (χ1) is 7.08. The first kappa shape index (κ1) is 11.6. The van der Waals surface area contributed by atoms with E-state index in [1.165, 1.54) is 11.3 Å². The van der Waals surface area contributed by atoms with E-state index in [0.29, 0.717) is 4.34 Å². The molecule has 0 fully saturated rings. The van der Waals surface area contributed by atoms with Crippen LogP contribution < -0.4 is 0 Å². The van der Waals surface area contributed by atoms with Crippen molar-refractivity contribution in [3.63, 3.8) is 0 Å². The third kappa shape index (κ3) is 2.45. The summed E-state index contributed by atoms with van der Waals surface area (Å²) in [5, 5.41) is 10.1. The summed E-state index contributed by atoms with van der Waals surface area (Å²) in [6.45, 7) is 2.01. The van der Waals surface area contributed by atoms with Gasteiger partial charge in [-0.15, -0.1) is 22.7 Å². The molecular formula is C10H8BrClOS2. The molecule has 1 atom stereocenters. The summed E-state index contributed by atoms with van der Waals surface area (Å²) in [5.74, 6) is 0. The highest BCUT2D eigenvalue weighted by Gasteiger charge is 2.16. The molecule has 1 nitrogen and oxygen atoms in total. The van der Waals surface area contributed by atoms with Gasteiger partial charge in [0.1, 0.15) is 6.10 Å². The van der Waals surface area contributed by atoms with Gasteiger partial charge in [-0.05, 0) is 46.6 Å². The predicted molar refractivity (Wildman–Crippen MR) is 70.1 cm³/mol. The third-order valence-corrected chi connectivity index (χ3v) is 5.48. The van der Waals surface area contributed by atoms with Crippen molar-refractivity contribution < 1.29 is 5.11 Å². The van der Waals surface area contributed by atoms with Crippen LogP contribution in [0.3, 0.4) is 0 Å². The van der Waals surface area contributed by atoms with Gasteiger partial charge >= 0.3 is 0 Å². The molecule has 0 radical (unpaired) electrons. The van der Waals surface area contributed by atoms with Crippen molar-refractivity contribution in [2.24, 2.45) is 0 Å². The fourth-order valence-corrected chi connectivity index (χ4v) is 3.95.